The molecule has 6 heteroatoms. The predicted molar refractivity (Wildman–Crippen MR) is 81.1 cm³/mol. The molecule has 0 unspecified atom stereocenters. The molecule has 0 radical (unpaired) electrons. The Bertz CT molecular complexity index is 888. The van der Waals surface area contributed by atoms with Gasteiger partial charge in [-0.25, -0.2) is 14.5 Å². The quantitative estimate of drug-likeness (QED) is 0.690. The molecule has 110 valence electrons. The maximum Gasteiger partial charge on any atom is 0.362 e. The molecule has 0 aliphatic heterocycles. The van der Waals surface area contributed by atoms with E-state index in [1.165, 1.54) is 4.68 Å². The molecule has 0 bridgehead atoms. The average Bonchev–Trinajstić information content (AvgIpc) is 2.56. The van der Waals surface area contributed by atoms with Crippen LogP contribution in [-0.4, -0.2) is 27.3 Å². The number of hydrogen-bond donors (Lipinski definition) is 0. The largest absolute Gasteiger partial charge is 0.461 e. The van der Waals surface area contributed by atoms with Crippen LogP contribution in [-0.2, 0) is 4.74 Å². The van der Waals surface area contributed by atoms with Gasteiger partial charge in [0, 0.05) is 6.20 Å². The fourth-order valence-electron chi connectivity index (χ4n) is 2.16. The van der Waals surface area contributed by atoms with Gasteiger partial charge in [-0.05, 0) is 31.2 Å². The second-order valence-corrected chi connectivity index (χ2v) is 4.52. The standard InChI is InChI=1S/C16H13N3O3/c1-2-22-16(21)14-15(20)11-7-3-4-8-12(11)19(18-14)13-9-5-6-10-17-13/h3-10H,2H2,1H3. The first-order chi connectivity index (χ1) is 10.7. The summed E-state index contributed by atoms with van der Waals surface area (Å²) in [6, 6.07) is 12.3. The summed E-state index contributed by atoms with van der Waals surface area (Å²) < 4.78 is 6.39. The lowest BCUT2D eigenvalue weighted by Gasteiger charge is -2.10. The summed E-state index contributed by atoms with van der Waals surface area (Å²) in [6.45, 7) is 1.85. The van der Waals surface area contributed by atoms with E-state index < -0.39 is 11.4 Å². The molecule has 0 saturated carbocycles. The van der Waals surface area contributed by atoms with E-state index in [-0.39, 0.29) is 12.3 Å². The fourth-order valence-corrected chi connectivity index (χ4v) is 2.16. The lowest BCUT2D eigenvalue weighted by atomic mass is 10.2. The van der Waals surface area contributed by atoms with E-state index in [9.17, 15) is 9.59 Å². The van der Waals surface area contributed by atoms with Crippen LogP contribution < -0.4 is 5.43 Å². The topological polar surface area (TPSA) is 74.1 Å². The van der Waals surface area contributed by atoms with Crippen LogP contribution in [0.3, 0.4) is 0 Å². The van der Waals surface area contributed by atoms with Gasteiger partial charge in [0.15, 0.2) is 5.82 Å². The predicted octanol–water partition coefficient (Wildman–Crippen LogP) is 1.96. The van der Waals surface area contributed by atoms with Gasteiger partial charge in [0.1, 0.15) is 0 Å². The number of carbonyl (C=O) groups excluding carboxylic acids is 1. The lowest BCUT2D eigenvalue weighted by molar-refractivity contribution is 0.0516. The molecule has 0 aliphatic carbocycles. The van der Waals surface area contributed by atoms with E-state index in [1.807, 2.05) is 0 Å². The first-order valence-corrected chi connectivity index (χ1v) is 6.83. The van der Waals surface area contributed by atoms with Crippen molar-refractivity contribution in [3.63, 3.8) is 0 Å². The van der Waals surface area contributed by atoms with Crippen molar-refractivity contribution in [2.24, 2.45) is 0 Å². The molecule has 22 heavy (non-hydrogen) atoms. The molecule has 0 N–H and O–H groups in total. The van der Waals surface area contributed by atoms with Crippen LogP contribution in [0.2, 0.25) is 0 Å². The fraction of sp³-hybridized carbons (Fsp3) is 0.125. The second kappa shape index (κ2) is 5.77. The minimum atomic E-state index is -0.733. The van der Waals surface area contributed by atoms with E-state index in [4.69, 9.17) is 4.74 Å². The maximum absolute atomic E-state index is 12.4. The summed E-state index contributed by atoms with van der Waals surface area (Å²) in [7, 11) is 0. The first kappa shape index (κ1) is 13.9. The summed E-state index contributed by atoms with van der Waals surface area (Å²) in [5, 5.41) is 4.55. The van der Waals surface area contributed by atoms with Crippen LogP contribution in [0.15, 0.2) is 53.5 Å². The maximum atomic E-state index is 12.4. The highest BCUT2D eigenvalue weighted by Crippen LogP contribution is 2.14. The zero-order valence-electron chi connectivity index (χ0n) is 11.9. The molecule has 6 nitrogen and oxygen atoms in total. The minimum Gasteiger partial charge on any atom is -0.461 e. The zero-order chi connectivity index (χ0) is 15.5. The second-order valence-electron chi connectivity index (χ2n) is 4.52. The van der Waals surface area contributed by atoms with Crippen molar-refractivity contribution in [2.45, 2.75) is 6.92 Å². The molecule has 3 rings (SSSR count). The van der Waals surface area contributed by atoms with Crippen molar-refractivity contribution in [2.75, 3.05) is 6.61 Å². The molecular formula is C16H13N3O3. The zero-order valence-corrected chi connectivity index (χ0v) is 11.9. The van der Waals surface area contributed by atoms with Gasteiger partial charge in [-0.15, -0.1) is 0 Å². The number of aromatic nitrogens is 3. The van der Waals surface area contributed by atoms with Gasteiger partial charge < -0.3 is 4.74 Å². The van der Waals surface area contributed by atoms with Gasteiger partial charge in [0.25, 0.3) is 0 Å². The lowest BCUT2D eigenvalue weighted by Crippen LogP contribution is -2.24. The third-order valence-electron chi connectivity index (χ3n) is 3.13. The van der Waals surface area contributed by atoms with Crippen molar-refractivity contribution in [1.29, 1.82) is 0 Å². The number of nitrogens with zero attached hydrogens (tertiary/aromatic N) is 3. The Morgan fingerprint density at radius 2 is 1.95 bits per heavy atom. The average molecular weight is 295 g/mol. The van der Waals surface area contributed by atoms with E-state index >= 15 is 0 Å². The van der Waals surface area contributed by atoms with Crippen molar-refractivity contribution in [3.8, 4) is 5.82 Å². The number of hydrogen-bond acceptors (Lipinski definition) is 5. The SMILES string of the molecule is CCOC(=O)c1nn(-c2ccccn2)c2ccccc2c1=O. The molecule has 0 atom stereocenters. The Morgan fingerprint density at radius 1 is 1.18 bits per heavy atom. The summed E-state index contributed by atoms with van der Waals surface area (Å²) in [4.78, 5) is 28.6. The van der Waals surface area contributed by atoms with Crippen molar-refractivity contribution < 1.29 is 9.53 Å². The summed E-state index contributed by atoms with van der Waals surface area (Å²) in [5.74, 6) is -0.216. The third kappa shape index (κ3) is 2.35. The number of para-hydroxylation sites is 1. The molecule has 0 saturated heterocycles. The number of carbonyl (C=O) groups is 1. The van der Waals surface area contributed by atoms with E-state index in [1.54, 1.807) is 55.6 Å². The highest BCUT2D eigenvalue weighted by molar-refractivity contribution is 5.92. The van der Waals surface area contributed by atoms with E-state index in [0.717, 1.165) is 0 Å². The van der Waals surface area contributed by atoms with E-state index in [2.05, 4.69) is 10.1 Å². The van der Waals surface area contributed by atoms with Crippen molar-refractivity contribution >= 4 is 16.9 Å². The van der Waals surface area contributed by atoms with Crippen LogP contribution in [0, 0.1) is 0 Å². The molecule has 0 fully saturated rings. The van der Waals surface area contributed by atoms with Crippen LogP contribution in [0.4, 0.5) is 0 Å². The Kier molecular flexibility index (Phi) is 3.65. The van der Waals surface area contributed by atoms with Crippen LogP contribution >= 0.6 is 0 Å². The highest BCUT2D eigenvalue weighted by Gasteiger charge is 2.19. The molecule has 1 aromatic carbocycles. The number of rotatable bonds is 3. The third-order valence-corrected chi connectivity index (χ3v) is 3.13. The molecule has 3 aromatic rings. The molecule has 0 amide bonds. The van der Waals surface area contributed by atoms with Crippen LogP contribution in [0.25, 0.3) is 16.7 Å². The van der Waals surface area contributed by atoms with Gasteiger partial charge in [-0.3, -0.25) is 4.79 Å². The Labute approximate surface area is 126 Å². The normalized spacial score (nSPS) is 10.6. The van der Waals surface area contributed by atoms with Crippen molar-refractivity contribution in [1.82, 2.24) is 14.8 Å². The molecule has 0 aliphatic rings. The number of ether oxygens (including phenoxy) is 1. The van der Waals surface area contributed by atoms with Gasteiger partial charge in [-0.2, -0.15) is 5.10 Å². The number of fused-ring (bicyclic) bond motifs is 1. The summed E-state index contributed by atoms with van der Waals surface area (Å²) >= 11 is 0. The Hall–Kier alpha value is -3.02. The Balaban J connectivity index is 2.34. The summed E-state index contributed by atoms with van der Waals surface area (Å²) in [6.07, 6.45) is 1.62. The number of benzene rings is 1. The van der Waals surface area contributed by atoms with Gasteiger partial charge >= 0.3 is 5.97 Å². The smallest absolute Gasteiger partial charge is 0.362 e. The molecular weight excluding hydrogens is 282 g/mol. The molecule has 2 aromatic heterocycles. The number of esters is 1. The van der Waals surface area contributed by atoms with Gasteiger partial charge in [0.05, 0.1) is 17.5 Å². The number of pyridine rings is 1. The molecule has 2 heterocycles. The van der Waals surface area contributed by atoms with Crippen molar-refractivity contribution in [3.05, 3.63) is 64.6 Å². The van der Waals surface area contributed by atoms with Crippen LogP contribution in [0.5, 0.6) is 0 Å². The van der Waals surface area contributed by atoms with E-state index in [0.29, 0.717) is 16.7 Å². The monoisotopic (exact) mass is 295 g/mol. The highest BCUT2D eigenvalue weighted by atomic mass is 16.5. The minimum absolute atomic E-state index is 0.177. The summed E-state index contributed by atoms with van der Waals surface area (Å²) in [5.41, 5.74) is -0.105. The first-order valence-electron chi connectivity index (χ1n) is 6.83. The van der Waals surface area contributed by atoms with Gasteiger partial charge in [0.2, 0.25) is 11.1 Å². The Morgan fingerprint density at radius 3 is 2.68 bits per heavy atom. The van der Waals surface area contributed by atoms with Crippen LogP contribution in [0.1, 0.15) is 17.4 Å². The molecule has 0 spiro atoms. The van der Waals surface area contributed by atoms with Gasteiger partial charge in [-0.1, -0.05) is 18.2 Å².